The lowest BCUT2D eigenvalue weighted by Crippen LogP contribution is -2.30. The van der Waals surface area contributed by atoms with E-state index in [0.717, 1.165) is 17.2 Å². The summed E-state index contributed by atoms with van der Waals surface area (Å²) in [6.45, 7) is 0.540. The minimum Gasteiger partial charge on any atom is -0.495 e. The van der Waals surface area contributed by atoms with Crippen LogP contribution in [0.3, 0.4) is 0 Å². The van der Waals surface area contributed by atoms with Crippen molar-refractivity contribution in [3.8, 4) is 11.5 Å². The van der Waals surface area contributed by atoms with Gasteiger partial charge in [0, 0.05) is 12.6 Å². The monoisotopic (exact) mass is 273 g/mol. The number of nitrogens with zero attached hydrogens (tertiary/aromatic N) is 1. The van der Waals surface area contributed by atoms with Crippen molar-refractivity contribution < 1.29 is 9.47 Å². The number of benzene rings is 1. The number of methoxy groups -OCH3 is 1. The van der Waals surface area contributed by atoms with Crippen LogP contribution in [0, 0.1) is 0 Å². The Balaban J connectivity index is 1.95. The number of hydrogen-bond donors (Lipinski definition) is 2. The van der Waals surface area contributed by atoms with E-state index in [2.05, 4.69) is 10.4 Å². The highest BCUT2D eigenvalue weighted by atomic mass is 16.5. The van der Waals surface area contributed by atoms with Gasteiger partial charge in [0.15, 0.2) is 0 Å². The summed E-state index contributed by atoms with van der Waals surface area (Å²) in [6, 6.07) is 13.3. The van der Waals surface area contributed by atoms with Gasteiger partial charge in [-0.3, -0.25) is 16.3 Å². The molecular weight excluding hydrogens is 254 g/mol. The summed E-state index contributed by atoms with van der Waals surface area (Å²) in [4.78, 5) is 4.32. The van der Waals surface area contributed by atoms with Crippen molar-refractivity contribution in [3.63, 3.8) is 0 Å². The van der Waals surface area contributed by atoms with Gasteiger partial charge in [-0.2, -0.15) is 0 Å². The molecule has 0 aliphatic heterocycles. The Bertz CT molecular complexity index is 520. The molecule has 2 rings (SSSR count). The van der Waals surface area contributed by atoms with Gasteiger partial charge in [0.05, 0.1) is 19.8 Å². The zero-order valence-electron chi connectivity index (χ0n) is 11.5. The van der Waals surface area contributed by atoms with Crippen molar-refractivity contribution in [2.24, 2.45) is 5.84 Å². The van der Waals surface area contributed by atoms with Gasteiger partial charge < -0.3 is 9.47 Å². The van der Waals surface area contributed by atoms with E-state index in [0.29, 0.717) is 13.0 Å². The lowest BCUT2D eigenvalue weighted by atomic mass is 10.1. The zero-order chi connectivity index (χ0) is 14.2. The van der Waals surface area contributed by atoms with E-state index in [-0.39, 0.29) is 6.04 Å². The molecule has 3 N–H and O–H groups in total. The summed E-state index contributed by atoms with van der Waals surface area (Å²) in [5.41, 5.74) is 3.54. The van der Waals surface area contributed by atoms with E-state index >= 15 is 0 Å². The van der Waals surface area contributed by atoms with Crippen LogP contribution in [0.15, 0.2) is 48.7 Å². The van der Waals surface area contributed by atoms with Crippen molar-refractivity contribution in [2.45, 2.75) is 12.5 Å². The van der Waals surface area contributed by atoms with E-state index in [1.165, 1.54) is 0 Å². The molecule has 1 unspecified atom stereocenters. The van der Waals surface area contributed by atoms with Gasteiger partial charge in [-0.05, 0) is 24.3 Å². The highest BCUT2D eigenvalue weighted by molar-refractivity contribution is 5.29. The van der Waals surface area contributed by atoms with Crippen LogP contribution < -0.4 is 20.7 Å². The first-order valence-corrected chi connectivity index (χ1v) is 6.48. The molecule has 0 fully saturated rings. The van der Waals surface area contributed by atoms with Crippen LogP contribution in [0.1, 0.15) is 18.2 Å². The number of ether oxygens (including phenoxy) is 2. The van der Waals surface area contributed by atoms with Crippen molar-refractivity contribution in [3.05, 3.63) is 54.4 Å². The van der Waals surface area contributed by atoms with Crippen LogP contribution in [0.4, 0.5) is 0 Å². The van der Waals surface area contributed by atoms with Crippen LogP contribution >= 0.6 is 0 Å². The third-order valence-electron chi connectivity index (χ3n) is 2.97. The van der Waals surface area contributed by atoms with Gasteiger partial charge in [-0.15, -0.1) is 0 Å². The molecule has 0 saturated heterocycles. The Morgan fingerprint density at radius 2 is 2.00 bits per heavy atom. The Labute approximate surface area is 118 Å². The van der Waals surface area contributed by atoms with Crippen LogP contribution in [0.5, 0.6) is 11.5 Å². The fraction of sp³-hybridized carbons (Fsp3) is 0.267. The quantitative estimate of drug-likeness (QED) is 0.597. The molecule has 0 saturated carbocycles. The standard InChI is InChI=1S/C15H19N3O2/c1-19-14-8-5-10-17-15(14)13(18-16)9-11-20-12-6-3-2-4-7-12/h2-8,10,13,18H,9,11,16H2,1H3. The zero-order valence-corrected chi connectivity index (χ0v) is 11.5. The van der Waals surface area contributed by atoms with Gasteiger partial charge in [0.2, 0.25) is 0 Å². The second kappa shape index (κ2) is 7.47. The van der Waals surface area contributed by atoms with Crippen molar-refractivity contribution in [2.75, 3.05) is 13.7 Å². The summed E-state index contributed by atoms with van der Waals surface area (Å²) < 4.78 is 11.0. The van der Waals surface area contributed by atoms with Crippen LogP contribution in [0.25, 0.3) is 0 Å². The summed E-state index contributed by atoms with van der Waals surface area (Å²) >= 11 is 0. The van der Waals surface area contributed by atoms with Crippen LogP contribution in [-0.2, 0) is 0 Å². The molecule has 2 aromatic rings. The van der Waals surface area contributed by atoms with Crippen molar-refractivity contribution in [1.29, 1.82) is 0 Å². The minimum absolute atomic E-state index is 0.116. The molecule has 1 aromatic carbocycles. The van der Waals surface area contributed by atoms with Crippen LogP contribution in [-0.4, -0.2) is 18.7 Å². The maximum Gasteiger partial charge on any atom is 0.142 e. The topological polar surface area (TPSA) is 69.4 Å². The molecule has 106 valence electrons. The van der Waals surface area contributed by atoms with Crippen molar-refractivity contribution >= 4 is 0 Å². The van der Waals surface area contributed by atoms with Gasteiger partial charge in [-0.25, -0.2) is 0 Å². The molecule has 0 aliphatic carbocycles. The summed E-state index contributed by atoms with van der Waals surface area (Å²) in [5.74, 6) is 7.17. The Hall–Kier alpha value is -2.11. The van der Waals surface area contributed by atoms with Gasteiger partial charge in [0.1, 0.15) is 17.2 Å². The molecule has 0 radical (unpaired) electrons. The maximum atomic E-state index is 5.67. The Morgan fingerprint density at radius 3 is 2.70 bits per heavy atom. The largest absolute Gasteiger partial charge is 0.495 e. The second-order valence-electron chi connectivity index (χ2n) is 4.26. The number of para-hydroxylation sites is 1. The van der Waals surface area contributed by atoms with Gasteiger partial charge in [0.25, 0.3) is 0 Å². The fourth-order valence-corrected chi connectivity index (χ4v) is 1.95. The van der Waals surface area contributed by atoms with Crippen LogP contribution in [0.2, 0.25) is 0 Å². The normalized spacial score (nSPS) is 11.9. The number of aromatic nitrogens is 1. The number of pyridine rings is 1. The highest BCUT2D eigenvalue weighted by Crippen LogP contribution is 2.24. The third-order valence-corrected chi connectivity index (χ3v) is 2.97. The molecule has 0 amide bonds. The predicted molar refractivity (Wildman–Crippen MR) is 77.4 cm³/mol. The summed E-state index contributed by atoms with van der Waals surface area (Å²) in [5, 5.41) is 0. The average Bonchev–Trinajstić information content (AvgIpc) is 2.53. The van der Waals surface area contributed by atoms with E-state index in [9.17, 15) is 0 Å². The maximum absolute atomic E-state index is 5.67. The third kappa shape index (κ3) is 3.69. The molecule has 5 heteroatoms. The first-order chi connectivity index (χ1) is 9.85. The molecular formula is C15H19N3O2. The Kier molecular flexibility index (Phi) is 5.34. The highest BCUT2D eigenvalue weighted by Gasteiger charge is 2.16. The SMILES string of the molecule is COc1cccnc1C(CCOc1ccccc1)NN. The van der Waals surface area contributed by atoms with E-state index < -0.39 is 0 Å². The molecule has 1 heterocycles. The number of nitrogens with two attached hydrogens (primary N) is 1. The predicted octanol–water partition coefficient (Wildman–Crippen LogP) is 2.06. The number of hydrazine groups is 1. The number of hydrogen-bond acceptors (Lipinski definition) is 5. The minimum atomic E-state index is -0.116. The van der Waals surface area contributed by atoms with Gasteiger partial charge in [-0.1, -0.05) is 18.2 Å². The first-order valence-electron chi connectivity index (χ1n) is 6.48. The molecule has 0 spiro atoms. The second-order valence-corrected chi connectivity index (χ2v) is 4.26. The van der Waals surface area contributed by atoms with Gasteiger partial charge >= 0.3 is 0 Å². The molecule has 0 aliphatic rings. The molecule has 5 nitrogen and oxygen atoms in total. The smallest absolute Gasteiger partial charge is 0.142 e. The average molecular weight is 273 g/mol. The molecule has 20 heavy (non-hydrogen) atoms. The lowest BCUT2D eigenvalue weighted by molar-refractivity contribution is 0.282. The lowest BCUT2D eigenvalue weighted by Gasteiger charge is -2.18. The molecule has 1 aromatic heterocycles. The first kappa shape index (κ1) is 14.3. The summed E-state index contributed by atoms with van der Waals surface area (Å²) in [6.07, 6.45) is 2.42. The fourth-order valence-electron chi connectivity index (χ4n) is 1.95. The van der Waals surface area contributed by atoms with E-state index in [1.54, 1.807) is 13.3 Å². The van der Waals surface area contributed by atoms with E-state index in [4.69, 9.17) is 15.3 Å². The number of nitrogens with one attached hydrogen (secondary N) is 1. The van der Waals surface area contributed by atoms with Crippen molar-refractivity contribution in [1.82, 2.24) is 10.4 Å². The summed E-state index contributed by atoms with van der Waals surface area (Å²) in [7, 11) is 1.62. The molecule has 0 bridgehead atoms. The number of rotatable bonds is 7. The Morgan fingerprint density at radius 1 is 1.20 bits per heavy atom. The van der Waals surface area contributed by atoms with E-state index in [1.807, 2.05) is 42.5 Å². The molecule has 1 atom stereocenters.